The normalized spacial score (nSPS) is 10.4. The van der Waals surface area contributed by atoms with Gasteiger partial charge in [0.25, 0.3) is 0 Å². The molecule has 1 amide bonds. The van der Waals surface area contributed by atoms with Crippen molar-refractivity contribution in [1.82, 2.24) is 5.16 Å². The van der Waals surface area contributed by atoms with Crippen molar-refractivity contribution in [2.45, 2.75) is 6.92 Å². The quantitative estimate of drug-likeness (QED) is 0.643. The first kappa shape index (κ1) is 20.1. The monoisotopic (exact) mass is 398 g/mol. The van der Waals surface area contributed by atoms with Gasteiger partial charge in [-0.3, -0.25) is 4.79 Å². The van der Waals surface area contributed by atoms with Crippen LogP contribution in [0, 0.1) is 0 Å². The Morgan fingerprint density at radius 3 is 2.00 bits per heavy atom. The molecule has 0 aliphatic heterocycles. The van der Waals surface area contributed by atoms with Gasteiger partial charge in [0, 0.05) is 12.5 Å². The summed E-state index contributed by atoms with van der Waals surface area (Å²) in [5.41, 5.74) is 2.06. The highest BCUT2D eigenvalue weighted by Crippen LogP contribution is 2.45. The van der Waals surface area contributed by atoms with Crippen LogP contribution >= 0.6 is 0 Å². The topological polar surface area (TPSA) is 92.1 Å². The molecule has 1 aromatic heterocycles. The van der Waals surface area contributed by atoms with Gasteiger partial charge in [-0.15, -0.1) is 0 Å². The summed E-state index contributed by atoms with van der Waals surface area (Å²) in [5, 5.41) is 6.76. The molecule has 8 heteroatoms. The van der Waals surface area contributed by atoms with Crippen LogP contribution in [0.15, 0.2) is 40.9 Å². The Labute approximate surface area is 168 Å². The van der Waals surface area contributed by atoms with E-state index < -0.39 is 0 Å². The first-order chi connectivity index (χ1) is 14.0. The molecule has 0 atom stereocenters. The predicted molar refractivity (Wildman–Crippen MR) is 108 cm³/mol. The van der Waals surface area contributed by atoms with Gasteiger partial charge in [-0.1, -0.05) is 17.3 Å². The zero-order valence-corrected chi connectivity index (χ0v) is 16.9. The zero-order valence-electron chi connectivity index (χ0n) is 16.9. The molecule has 0 spiro atoms. The highest BCUT2D eigenvalue weighted by molar-refractivity contribution is 5.96. The Morgan fingerprint density at radius 2 is 1.52 bits per heavy atom. The van der Waals surface area contributed by atoms with E-state index >= 15 is 0 Å². The van der Waals surface area contributed by atoms with Crippen LogP contribution in [-0.4, -0.2) is 39.5 Å². The SMILES string of the molecule is COc1ccc(-c2c(NC(C)=O)noc2-c2cc(OC)c(OC)c(OC)c2)cc1. The number of methoxy groups -OCH3 is 4. The van der Waals surface area contributed by atoms with Crippen molar-refractivity contribution >= 4 is 11.7 Å². The van der Waals surface area contributed by atoms with Crippen LogP contribution < -0.4 is 24.3 Å². The average Bonchev–Trinajstić information content (AvgIpc) is 3.15. The average molecular weight is 398 g/mol. The molecule has 2 aromatic carbocycles. The summed E-state index contributed by atoms with van der Waals surface area (Å²) in [6, 6.07) is 10.9. The number of benzene rings is 2. The fourth-order valence-electron chi connectivity index (χ4n) is 2.98. The minimum absolute atomic E-state index is 0.260. The maximum Gasteiger partial charge on any atom is 0.222 e. The molecule has 8 nitrogen and oxygen atoms in total. The van der Waals surface area contributed by atoms with Crippen LogP contribution in [0.1, 0.15) is 6.92 Å². The molecule has 0 saturated carbocycles. The fraction of sp³-hybridized carbons (Fsp3) is 0.238. The lowest BCUT2D eigenvalue weighted by atomic mass is 10.0. The first-order valence-corrected chi connectivity index (χ1v) is 8.74. The molecule has 0 saturated heterocycles. The van der Waals surface area contributed by atoms with E-state index in [9.17, 15) is 4.79 Å². The second-order valence-corrected chi connectivity index (χ2v) is 6.06. The molecule has 0 aliphatic rings. The Balaban J connectivity index is 2.22. The van der Waals surface area contributed by atoms with Crippen LogP contribution in [0.4, 0.5) is 5.82 Å². The number of hydrogen-bond acceptors (Lipinski definition) is 7. The van der Waals surface area contributed by atoms with Crippen molar-refractivity contribution < 1.29 is 28.3 Å². The number of ether oxygens (including phenoxy) is 4. The van der Waals surface area contributed by atoms with Gasteiger partial charge in [0.05, 0.1) is 34.0 Å². The van der Waals surface area contributed by atoms with E-state index in [4.69, 9.17) is 23.5 Å². The Morgan fingerprint density at radius 1 is 0.897 bits per heavy atom. The lowest BCUT2D eigenvalue weighted by molar-refractivity contribution is -0.114. The number of carbonyl (C=O) groups is 1. The molecule has 0 fully saturated rings. The third-order valence-corrected chi connectivity index (χ3v) is 4.29. The molecule has 0 radical (unpaired) electrons. The molecular weight excluding hydrogens is 376 g/mol. The lowest BCUT2D eigenvalue weighted by Crippen LogP contribution is -2.07. The Bertz CT molecular complexity index is 986. The lowest BCUT2D eigenvalue weighted by Gasteiger charge is -2.14. The van der Waals surface area contributed by atoms with Crippen molar-refractivity contribution in [3.63, 3.8) is 0 Å². The third-order valence-electron chi connectivity index (χ3n) is 4.29. The maximum atomic E-state index is 11.7. The molecule has 152 valence electrons. The number of amides is 1. The van der Waals surface area contributed by atoms with Gasteiger partial charge in [0.15, 0.2) is 23.1 Å². The molecule has 3 aromatic rings. The van der Waals surface area contributed by atoms with Crippen LogP contribution in [0.2, 0.25) is 0 Å². The molecule has 1 N–H and O–H groups in total. The number of aromatic nitrogens is 1. The Hall–Kier alpha value is -3.68. The van der Waals surface area contributed by atoms with Crippen molar-refractivity contribution in [2.24, 2.45) is 0 Å². The van der Waals surface area contributed by atoms with Gasteiger partial charge >= 0.3 is 0 Å². The highest BCUT2D eigenvalue weighted by atomic mass is 16.5. The molecule has 0 unspecified atom stereocenters. The highest BCUT2D eigenvalue weighted by Gasteiger charge is 2.23. The number of nitrogens with zero attached hydrogens (tertiary/aromatic N) is 1. The maximum absolute atomic E-state index is 11.7. The van der Waals surface area contributed by atoms with Gasteiger partial charge in [-0.05, 0) is 29.8 Å². The number of hydrogen-bond donors (Lipinski definition) is 1. The predicted octanol–water partition coefficient (Wildman–Crippen LogP) is 4.00. The van der Waals surface area contributed by atoms with Gasteiger partial charge in [0.2, 0.25) is 11.7 Å². The van der Waals surface area contributed by atoms with E-state index in [1.807, 2.05) is 24.3 Å². The van der Waals surface area contributed by atoms with Crippen LogP contribution in [0.25, 0.3) is 22.5 Å². The number of nitrogens with one attached hydrogen (secondary N) is 1. The standard InChI is InChI=1S/C21H22N2O6/c1-12(24)22-21-18(13-6-8-15(25-2)9-7-13)19(29-23-21)14-10-16(26-3)20(28-5)17(11-14)27-4/h6-11H,1-5H3,(H,22,23,24). The number of anilines is 1. The van der Waals surface area contributed by atoms with Crippen LogP contribution in [0.5, 0.6) is 23.0 Å². The second-order valence-electron chi connectivity index (χ2n) is 6.06. The first-order valence-electron chi connectivity index (χ1n) is 8.74. The fourth-order valence-corrected chi connectivity index (χ4v) is 2.98. The molecule has 0 aliphatic carbocycles. The minimum Gasteiger partial charge on any atom is -0.497 e. The molecule has 29 heavy (non-hydrogen) atoms. The van der Waals surface area contributed by atoms with E-state index in [-0.39, 0.29) is 5.91 Å². The molecule has 0 bridgehead atoms. The van der Waals surface area contributed by atoms with Gasteiger partial charge in [0.1, 0.15) is 5.75 Å². The van der Waals surface area contributed by atoms with E-state index in [0.29, 0.717) is 45.7 Å². The zero-order chi connectivity index (χ0) is 21.0. The van der Waals surface area contributed by atoms with E-state index in [1.165, 1.54) is 28.3 Å². The molecular formula is C21H22N2O6. The summed E-state index contributed by atoms with van der Waals surface area (Å²) < 4.78 is 27.1. The third kappa shape index (κ3) is 3.96. The van der Waals surface area contributed by atoms with E-state index in [2.05, 4.69) is 10.5 Å². The summed E-state index contributed by atoms with van der Waals surface area (Å²) >= 11 is 0. The summed E-state index contributed by atoms with van der Waals surface area (Å²) in [7, 11) is 6.20. The van der Waals surface area contributed by atoms with Crippen LogP contribution in [0.3, 0.4) is 0 Å². The Kier molecular flexibility index (Phi) is 5.92. The van der Waals surface area contributed by atoms with Crippen LogP contribution in [-0.2, 0) is 4.79 Å². The van der Waals surface area contributed by atoms with E-state index in [0.717, 1.165) is 5.56 Å². The minimum atomic E-state index is -0.260. The second kappa shape index (κ2) is 8.55. The van der Waals surface area contributed by atoms with Crippen molar-refractivity contribution in [2.75, 3.05) is 33.8 Å². The molecule has 1 heterocycles. The summed E-state index contributed by atoms with van der Waals surface area (Å²) in [4.78, 5) is 11.7. The molecule has 3 rings (SSSR count). The largest absolute Gasteiger partial charge is 0.497 e. The smallest absolute Gasteiger partial charge is 0.222 e. The number of carbonyl (C=O) groups excluding carboxylic acids is 1. The van der Waals surface area contributed by atoms with Crippen molar-refractivity contribution in [3.8, 4) is 45.4 Å². The summed E-state index contributed by atoms with van der Waals surface area (Å²) in [6.45, 7) is 1.41. The van der Waals surface area contributed by atoms with Crippen molar-refractivity contribution in [1.29, 1.82) is 0 Å². The van der Waals surface area contributed by atoms with Gasteiger partial charge < -0.3 is 28.8 Å². The number of rotatable bonds is 7. The van der Waals surface area contributed by atoms with E-state index in [1.54, 1.807) is 19.2 Å². The summed E-state index contributed by atoms with van der Waals surface area (Å²) in [5.74, 6) is 2.61. The van der Waals surface area contributed by atoms with Gasteiger partial charge in [-0.25, -0.2) is 0 Å². The van der Waals surface area contributed by atoms with Crippen molar-refractivity contribution in [3.05, 3.63) is 36.4 Å². The summed E-state index contributed by atoms with van der Waals surface area (Å²) in [6.07, 6.45) is 0. The van der Waals surface area contributed by atoms with Gasteiger partial charge in [-0.2, -0.15) is 0 Å².